The third kappa shape index (κ3) is 3.63. The molecule has 0 aliphatic heterocycles. The van der Waals surface area contributed by atoms with Crippen LogP contribution in [0, 0.1) is 6.92 Å². The molecule has 24 heavy (non-hydrogen) atoms. The minimum Gasteiger partial charge on any atom is -0.491 e. The van der Waals surface area contributed by atoms with E-state index in [0.29, 0.717) is 35.6 Å². The molecule has 6 nitrogen and oxygen atoms in total. The van der Waals surface area contributed by atoms with Gasteiger partial charge in [0.25, 0.3) is 0 Å². The maximum Gasteiger partial charge on any atom is 0.197 e. The number of para-hydroxylation sites is 2. The number of hydrogen-bond acceptors (Lipinski definition) is 5. The summed E-state index contributed by atoms with van der Waals surface area (Å²) in [5.74, 6) is 0.484. The Hall–Kier alpha value is -2.25. The van der Waals surface area contributed by atoms with Gasteiger partial charge in [-0.05, 0) is 25.1 Å². The van der Waals surface area contributed by atoms with E-state index in [0.717, 1.165) is 0 Å². The molecule has 2 aromatic heterocycles. The average molecular weight is 347 g/mol. The molecular weight excluding hydrogens is 326 g/mol. The molecule has 0 bridgehead atoms. The Morgan fingerprint density at radius 1 is 1.29 bits per heavy atom. The smallest absolute Gasteiger partial charge is 0.197 e. The van der Waals surface area contributed by atoms with Crippen LogP contribution in [0.1, 0.15) is 14.0 Å². The van der Waals surface area contributed by atoms with Gasteiger partial charge in [0.15, 0.2) is 5.16 Å². The first-order valence-electron chi connectivity index (χ1n) is 8.39. The highest BCUT2D eigenvalue weighted by Crippen LogP contribution is 2.22. The van der Waals surface area contributed by atoms with Crippen LogP contribution in [0.4, 0.5) is 0 Å². The summed E-state index contributed by atoms with van der Waals surface area (Å²) in [6, 6.07) is 8.86. The summed E-state index contributed by atoms with van der Waals surface area (Å²) in [5.41, 5.74) is -0.344. The summed E-state index contributed by atoms with van der Waals surface area (Å²) in [6.45, 7) is 2.43. The van der Waals surface area contributed by atoms with Gasteiger partial charge in [-0.2, -0.15) is 0 Å². The van der Waals surface area contributed by atoms with Crippen LogP contribution in [0.3, 0.4) is 0 Å². The number of hydrogen-bond donors (Lipinski definition) is 1. The molecule has 1 unspecified atom stereocenters. The van der Waals surface area contributed by atoms with Crippen molar-refractivity contribution in [3.63, 3.8) is 0 Å². The normalized spacial score (nSPS) is 14.2. The van der Waals surface area contributed by atoms with E-state index in [1.54, 1.807) is 32.2 Å². The molecule has 1 atom stereocenters. The number of imidazole rings is 1. The molecule has 1 N–H and O–H groups in total. The predicted octanol–water partition coefficient (Wildman–Crippen LogP) is 2.60. The van der Waals surface area contributed by atoms with E-state index in [1.807, 2.05) is 12.1 Å². The van der Waals surface area contributed by atoms with Gasteiger partial charge in [0.1, 0.15) is 12.4 Å². The minimum atomic E-state index is -2.24. The fraction of sp³-hybridized carbons (Fsp3) is 0.294. The van der Waals surface area contributed by atoms with Crippen molar-refractivity contribution in [2.45, 2.75) is 17.8 Å². The maximum absolute atomic E-state index is 12.9. The van der Waals surface area contributed by atoms with E-state index in [-0.39, 0.29) is 10.9 Å². The Labute approximate surface area is 145 Å². The zero-order valence-corrected chi connectivity index (χ0v) is 14.2. The Morgan fingerprint density at radius 2 is 2.12 bits per heavy atom. The Kier molecular flexibility index (Phi) is 4.44. The van der Waals surface area contributed by atoms with Gasteiger partial charge < -0.3 is 14.5 Å². The van der Waals surface area contributed by atoms with Gasteiger partial charge in [-0.1, -0.05) is 12.1 Å². The first-order chi connectivity index (χ1) is 12.4. The standard InChI is InChI=1S/C17H19N3O3S/c1-12-15(18-8-7-16(12)23-10-9-22-2)11-24(21)17-19-13-5-3-4-6-14(13)20-17/h3-8H,9-11H2,1-2H3,(H,19,20)/i11D2. The summed E-state index contributed by atoms with van der Waals surface area (Å²) < 4.78 is 40.2. The van der Waals surface area contributed by atoms with Crippen molar-refractivity contribution in [2.75, 3.05) is 20.3 Å². The summed E-state index contributed by atoms with van der Waals surface area (Å²) in [7, 11) is -0.507. The van der Waals surface area contributed by atoms with Crippen molar-refractivity contribution in [3.05, 3.63) is 47.8 Å². The first kappa shape index (κ1) is 14.1. The highest BCUT2D eigenvalue weighted by atomic mass is 32.2. The van der Waals surface area contributed by atoms with Crippen LogP contribution in [0.2, 0.25) is 0 Å². The molecule has 7 heteroatoms. The lowest BCUT2D eigenvalue weighted by molar-refractivity contribution is 0.146. The maximum atomic E-state index is 12.9. The van der Waals surface area contributed by atoms with Crippen LogP contribution < -0.4 is 4.74 Å². The summed E-state index contributed by atoms with van der Waals surface area (Å²) >= 11 is 0. The Bertz CT molecular complexity index is 913. The lowest BCUT2D eigenvalue weighted by atomic mass is 10.2. The highest BCUT2D eigenvalue weighted by Gasteiger charge is 2.14. The van der Waals surface area contributed by atoms with Crippen molar-refractivity contribution in [1.82, 2.24) is 15.0 Å². The van der Waals surface area contributed by atoms with Crippen molar-refractivity contribution in [2.24, 2.45) is 0 Å². The monoisotopic (exact) mass is 347 g/mol. The second-order valence-electron chi connectivity index (χ2n) is 5.05. The van der Waals surface area contributed by atoms with Crippen LogP contribution >= 0.6 is 0 Å². The second-order valence-corrected chi connectivity index (χ2v) is 6.18. The number of aromatic amines is 1. The molecule has 0 amide bonds. The van der Waals surface area contributed by atoms with Gasteiger partial charge in [-0.25, -0.2) is 4.98 Å². The number of fused-ring (bicyclic) bond motifs is 1. The molecule has 1 aromatic carbocycles. The van der Waals surface area contributed by atoms with Gasteiger partial charge in [0, 0.05) is 21.6 Å². The van der Waals surface area contributed by atoms with Crippen LogP contribution in [-0.4, -0.2) is 39.5 Å². The summed E-state index contributed by atoms with van der Waals surface area (Å²) in [6.07, 6.45) is 1.44. The lowest BCUT2D eigenvalue weighted by Crippen LogP contribution is -2.08. The van der Waals surface area contributed by atoms with E-state index in [1.165, 1.54) is 6.20 Å². The molecule has 0 radical (unpaired) electrons. The van der Waals surface area contributed by atoms with Crippen LogP contribution in [0.5, 0.6) is 5.75 Å². The summed E-state index contributed by atoms with van der Waals surface area (Å²) in [5, 5.41) is 0.0723. The third-order valence-corrected chi connectivity index (χ3v) is 4.36. The van der Waals surface area contributed by atoms with Crippen molar-refractivity contribution in [3.8, 4) is 5.75 Å². The topological polar surface area (TPSA) is 77.1 Å². The molecule has 0 spiro atoms. The molecule has 0 aliphatic rings. The molecule has 0 saturated carbocycles. The van der Waals surface area contributed by atoms with Gasteiger partial charge in [0.2, 0.25) is 0 Å². The number of nitrogens with zero attached hydrogens (tertiary/aromatic N) is 2. The van der Waals surface area contributed by atoms with E-state index in [9.17, 15) is 4.21 Å². The number of methoxy groups -OCH3 is 1. The number of rotatable bonds is 7. The van der Waals surface area contributed by atoms with Gasteiger partial charge in [0.05, 0.1) is 39.8 Å². The van der Waals surface area contributed by atoms with E-state index in [2.05, 4.69) is 15.0 Å². The highest BCUT2D eigenvalue weighted by molar-refractivity contribution is 7.84. The number of aromatic nitrogens is 3. The first-order valence-corrected chi connectivity index (χ1v) is 8.54. The number of ether oxygens (including phenoxy) is 2. The molecule has 0 fully saturated rings. The third-order valence-electron chi connectivity index (χ3n) is 3.43. The molecule has 3 rings (SSSR count). The van der Waals surface area contributed by atoms with E-state index >= 15 is 0 Å². The van der Waals surface area contributed by atoms with Gasteiger partial charge in [-0.15, -0.1) is 0 Å². The second kappa shape index (κ2) is 7.55. The number of pyridine rings is 1. The molecule has 0 saturated heterocycles. The van der Waals surface area contributed by atoms with Crippen LogP contribution in [0.15, 0.2) is 41.7 Å². The largest absolute Gasteiger partial charge is 0.491 e. The fourth-order valence-electron chi connectivity index (χ4n) is 2.17. The van der Waals surface area contributed by atoms with Crippen molar-refractivity contribution in [1.29, 1.82) is 0 Å². The molecular formula is C17H19N3O3S. The number of benzene rings is 1. The zero-order chi connectivity index (χ0) is 18.7. The van der Waals surface area contributed by atoms with Gasteiger partial charge in [-0.3, -0.25) is 9.19 Å². The minimum absolute atomic E-state index is 0.0613. The van der Waals surface area contributed by atoms with Crippen molar-refractivity contribution >= 4 is 21.8 Å². The quantitative estimate of drug-likeness (QED) is 0.665. The van der Waals surface area contributed by atoms with Crippen LogP contribution in [-0.2, 0) is 21.2 Å². The summed E-state index contributed by atoms with van der Waals surface area (Å²) in [4.78, 5) is 11.3. The molecule has 3 aromatic rings. The lowest BCUT2D eigenvalue weighted by Gasteiger charge is -2.11. The SMILES string of the molecule is [2H]C([2H])(c1nccc(OCCOC)c1C)S(=O)c1nc2ccccc2[nH]1. The molecule has 0 aliphatic carbocycles. The number of nitrogens with one attached hydrogen (secondary N) is 1. The van der Waals surface area contributed by atoms with Crippen molar-refractivity contribution < 1.29 is 16.4 Å². The van der Waals surface area contributed by atoms with Gasteiger partial charge >= 0.3 is 0 Å². The Morgan fingerprint density at radius 3 is 2.92 bits per heavy atom. The zero-order valence-electron chi connectivity index (χ0n) is 15.4. The number of H-pyrrole nitrogens is 1. The van der Waals surface area contributed by atoms with E-state index < -0.39 is 16.5 Å². The van der Waals surface area contributed by atoms with Crippen LogP contribution in [0.25, 0.3) is 11.0 Å². The average Bonchev–Trinajstić information content (AvgIpc) is 3.06. The molecule has 2 heterocycles. The Balaban J connectivity index is 1.93. The fourth-order valence-corrected chi connectivity index (χ4v) is 3.03. The predicted molar refractivity (Wildman–Crippen MR) is 92.6 cm³/mol. The van der Waals surface area contributed by atoms with E-state index in [4.69, 9.17) is 12.2 Å². The molecule has 126 valence electrons.